The molecule has 3 aromatic heterocycles. The third-order valence-electron chi connectivity index (χ3n) is 7.51. The molecular formula is C32H33FN6. The molecule has 0 spiro atoms. The predicted molar refractivity (Wildman–Crippen MR) is 155 cm³/mol. The van der Waals surface area contributed by atoms with Crippen molar-refractivity contribution in [3.05, 3.63) is 103 Å². The summed E-state index contributed by atoms with van der Waals surface area (Å²) in [5.41, 5.74) is 7.89. The molecule has 6 nitrogen and oxygen atoms in total. The minimum absolute atomic E-state index is 0.271. The van der Waals surface area contributed by atoms with E-state index in [4.69, 9.17) is 0 Å². The van der Waals surface area contributed by atoms with Crippen LogP contribution >= 0.6 is 0 Å². The summed E-state index contributed by atoms with van der Waals surface area (Å²) in [6.45, 7) is 7.63. The minimum atomic E-state index is -0.271. The highest BCUT2D eigenvalue weighted by Crippen LogP contribution is 2.28. The average molecular weight is 521 g/mol. The zero-order valence-corrected chi connectivity index (χ0v) is 22.2. The lowest BCUT2D eigenvalue weighted by atomic mass is 10.0. The van der Waals surface area contributed by atoms with Gasteiger partial charge in [0.15, 0.2) is 0 Å². The Morgan fingerprint density at radius 2 is 1.67 bits per heavy atom. The molecule has 39 heavy (non-hydrogen) atoms. The van der Waals surface area contributed by atoms with Crippen molar-refractivity contribution in [3.63, 3.8) is 0 Å². The second kappa shape index (κ2) is 11.5. The molecule has 0 unspecified atom stereocenters. The van der Waals surface area contributed by atoms with Gasteiger partial charge in [-0.25, -0.2) is 9.37 Å². The van der Waals surface area contributed by atoms with Crippen LogP contribution in [0.25, 0.3) is 39.3 Å². The first-order valence-electron chi connectivity index (χ1n) is 13.5. The van der Waals surface area contributed by atoms with Gasteiger partial charge >= 0.3 is 0 Å². The number of benzene rings is 2. The summed E-state index contributed by atoms with van der Waals surface area (Å²) in [7, 11) is 2.19. The fourth-order valence-corrected chi connectivity index (χ4v) is 5.13. The van der Waals surface area contributed by atoms with Crippen LogP contribution in [0.5, 0.6) is 0 Å². The van der Waals surface area contributed by atoms with Gasteiger partial charge < -0.3 is 10.2 Å². The van der Waals surface area contributed by atoms with Gasteiger partial charge in [0.2, 0.25) is 0 Å². The van der Waals surface area contributed by atoms with Gasteiger partial charge in [0.25, 0.3) is 0 Å². The summed E-state index contributed by atoms with van der Waals surface area (Å²) in [5.74, 6) is -0.271. The van der Waals surface area contributed by atoms with E-state index in [1.54, 1.807) is 12.3 Å². The molecule has 1 fully saturated rings. The number of piperazine rings is 1. The summed E-state index contributed by atoms with van der Waals surface area (Å²) in [4.78, 5) is 14.0. The first-order valence-corrected chi connectivity index (χ1v) is 13.5. The molecule has 0 radical (unpaired) electrons. The molecule has 4 heterocycles. The van der Waals surface area contributed by atoms with Crippen LogP contribution in [0, 0.1) is 5.82 Å². The van der Waals surface area contributed by atoms with Crippen LogP contribution in [0.2, 0.25) is 0 Å². The van der Waals surface area contributed by atoms with Gasteiger partial charge in [-0.05, 0) is 60.1 Å². The number of nitrogens with one attached hydrogen (secondary N) is 1. The van der Waals surface area contributed by atoms with Crippen molar-refractivity contribution >= 4 is 5.65 Å². The first-order chi connectivity index (χ1) is 19.1. The second-order valence-corrected chi connectivity index (χ2v) is 10.2. The van der Waals surface area contributed by atoms with Crippen molar-refractivity contribution in [2.45, 2.75) is 6.54 Å². The Kier molecular flexibility index (Phi) is 7.45. The lowest BCUT2D eigenvalue weighted by Gasteiger charge is -2.32. The highest BCUT2D eigenvalue weighted by atomic mass is 19.1. The van der Waals surface area contributed by atoms with Crippen LogP contribution in [0.4, 0.5) is 4.39 Å². The smallest absolute Gasteiger partial charge is 0.137 e. The number of pyridine rings is 2. The highest BCUT2D eigenvalue weighted by Gasteiger charge is 2.13. The Balaban J connectivity index is 1.12. The van der Waals surface area contributed by atoms with Gasteiger partial charge in [-0.3, -0.25) is 14.3 Å². The quantitative estimate of drug-likeness (QED) is 0.285. The number of nitrogens with zero attached hydrogens (tertiary/aromatic N) is 5. The van der Waals surface area contributed by atoms with E-state index >= 15 is 0 Å². The standard InChI is InChI=1S/C32H33FN6/c1-37-15-17-38(18-16-37)14-12-34-22-24-5-7-25(8-6-24)26-10-13-39-31(23-36-32(39)21-26)28-9-11-35-30(20-28)27-3-2-4-29(33)19-27/h2-11,13,19-21,23,34H,12,14-18,22H2,1H3. The summed E-state index contributed by atoms with van der Waals surface area (Å²) in [6, 6.07) is 23.4. The number of likely N-dealkylation sites (N-methyl/N-ethyl adjacent to an activating group) is 1. The van der Waals surface area contributed by atoms with E-state index in [0.717, 1.165) is 79.5 Å². The molecule has 0 amide bonds. The largest absolute Gasteiger partial charge is 0.311 e. The third kappa shape index (κ3) is 5.91. The van der Waals surface area contributed by atoms with Crippen LogP contribution in [0.3, 0.4) is 0 Å². The van der Waals surface area contributed by atoms with E-state index in [2.05, 4.69) is 79.1 Å². The Hall–Kier alpha value is -3.91. The van der Waals surface area contributed by atoms with Crippen molar-refractivity contribution < 1.29 is 4.39 Å². The SMILES string of the molecule is CN1CCN(CCNCc2ccc(-c3ccn4c(-c5ccnc(-c6cccc(F)c6)c5)cnc4c3)cc2)CC1. The van der Waals surface area contributed by atoms with E-state index in [1.807, 2.05) is 24.4 Å². The molecule has 0 aliphatic carbocycles. The molecular weight excluding hydrogens is 487 g/mol. The number of hydrogen-bond donors (Lipinski definition) is 1. The molecule has 1 N–H and O–H groups in total. The fourth-order valence-electron chi connectivity index (χ4n) is 5.13. The summed E-state index contributed by atoms with van der Waals surface area (Å²) < 4.78 is 15.8. The molecule has 6 rings (SSSR count). The number of fused-ring (bicyclic) bond motifs is 1. The van der Waals surface area contributed by atoms with Crippen LogP contribution < -0.4 is 5.32 Å². The highest BCUT2D eigenvalue weighted by molar-refractivity contribution is 5.73. The molecule has 7 heteroatoms. The van der Waals surface area contributed by atoms with E-state index in [0.29, 0.717) is 0 Å². The minimum Gasteiger partial charge on any atom is -0.311 e. The maximum absolute atomic E-state index is 13.7. The Labute approximate surface area is 228 Å². The van der Waals surface area contributed by atoms with Gasteiger partial charge in [0, 0.05) is 69.3 Å². The number of imidazole rings is 1. The van der Waals surface area contributed by atoms with Gasteiger partial charge in [0.05, 0.1) is 17.6 Å². The second-order valence-electron chi connectivity index (χ2n) is 10.2. The van der Waals surface area contributed by atoms with Gasteiger partial charge in [-0.1, -0.05) is 36.4 Å². The van der Waals surface area contributed by atoms with Crippen molar-refractivity contribution in [1.29, 1.82) is 0 Å². The molecule has 2 aromatic carbocycles. The molecule has 5 aromatic rings. The van der Waals surface area contributed by atoms with E-state index in [9.17, 15) is 4.39 Å². The van der Waals surface area contributed by atoms with Crippen molar-refractivity contribution in [1.82, 2.24) is 29.5 Å². The summed E-state index contributed by atoms with van der Waals surface area (Å²) >= 11 is 0. The van der Waals surface area contributed by atoms with Gasteiger partial charge in [0.1, 0.15) is 11.5 Å². The summed E-state index contributed by atoms with van der Waals surface area (Å²) in [5, 5.41) is 3.59. The van der Waals surface area contributed by atoms with Crippen LogP contribution in [0.15, 0.2) is 91.4 Å². The molecule has 1 aliphatic rings. The number of aromatic nitrogens is 3. The normalized spacial score (nSPS) is 14.7. The lowest BCUT2D eigenvalue weighted by molar-refractivity contribution is 0.154. The topological polar surface area (TPSA) is 48.7 Å². The Morgan fingerprint density at radius 1 is 0.821 bits per heavy atom. The molecule has 0 bridgehead atoms. The monoisotopic (exact) mass is 520 g/mol. The number of halogens is 1. The van der Waals surface area contributed by atoms with Crippen molar-refractivity contribution in [2.75, 3.05) is 46.3 Å². The Morgan fingerprint density at radius 3 is 2.49 bits per heavy atom. The maximum atomic E-state index is 13.7. The molecule has 198 valence electrons. The fraction of sp³-hybridized carbons (Fsp3) is 0.250. The van der Waals surface area contributed by atoms with Gasteiger partial charge in [-0.2, -0.15) is 0 Å². The average Bonchev–Trinajstić information content (AvgIpc) is 3.40. The summed E-state index contributed by atoms with van der Waals surface area (Å²) in [6.07, 6.45) is 5.69. The zero-order chi connectivity index (χ0) is 26.6. The van der Waals surface area contributed by atoms with Crippen LogP contribution in [-0.4, -0.2) is 70.5 Å². The predicted octanol–water partition coefficient (Wildman–Crippen LogP) is 5.21. The third-order valence-corrected chi connectivity index (χ3v) is 7.51. The number of hydrogen-bond acceptors (Lipinski definition) is 5. The first kappa shape index (κ1) is 25.4. The number of rotatable bonds is 8. The maximum Gasteiger partial charge on any atom is 0.137 e. The van der Waals surface area contributed by atoms with Crippen LogP contribution in [0.1, 0.15) is 5.56 Å². The van der Waals surface area contributed by atoms with Gasteiger partial charge in [-0.15, -0.1) is 0 Å². The van der Waals surface area contributed by atoms with Crippen molar-refractivity contribution in [2.24, 2.45) is 0 Å². The lowest BCUT2D eigenvalue weighted by Crippen LogP contribution is -2.46. The van der Waals surface area contributed by atoms with Crippen molar-refractivity contribution in [3.8, 4) is 33.6 Å². The molecule has 1 saturated heterocycles. The zero-order valence-electron chi connectivity index (χ0n) is 22.2. The van der Waals surface area contributed by atoms with E-state index in [-0.39, 0.29) is 5.82 Å². The van der Waals surface area contributed by atoms with E-state index < -0.39 is 0 Å². The molecule has 0 atom stereocenters. The Bertz CT molecular complexity index is 1550. The molecule has 1 aliphatic heterocycles. The van der Waals surface area contributed by atoms with Crippen LogP contribution in [-0.2, 0) is 6.54 Å². The van der Waals surface area contributed by atoms with E-state index in [1.165, 1.54) is 23.3 Å². The molecule has 0 saturated carbocycles.